The van der Waals surface area contributed by atoms with Gasteiger partial charge in [-0.3, -0.25) is 4.79 Å². The minimum atomic E-state index is -3.31. The number of rotatable bonds is 3. The van der Waals surface area contributed by atoms with Gasteiger partial charge in [-0.25, -0.2) is 13.2 Å². The summed E-state index contributed by atoms with van der Waals surface area (Å²) in [5, 5.41) is 5.28. The first-order valence-corrected chi connectivity index (χ1v) is 9.76. The van der Waals surface area contributed by atoms with Crippen LogP contribution in [-0.2, 0) is 19.4 Å². The van der Waals surface area contributed by atoms with Gasteiger partial charge in [0.15, 0.2) is 9.84 Å². The summed E-state index contributed by atoms with van der Waals surface area (Å²) in [6, 6.07) is 5.43. The molecule has 0 aromatic heterocycles. The van der Waals surface area contributed by atoms with Gasteiger partial charge in [0.25, 0.3) is 0 Å². The van der Waals surface area contributed by atoms with Gasteiger partial charge in [0.05, 0.1) is 16.7 Å². The number of amides is 2. The molecule has 0 fully saturated rings. The van der Waals surface area contributed by atoms with Crippen molar-refractivity contribution in [2.24, 2.45) is 0 Å². The van der Waals surface area contributed by atoms with Crippen LogP contribution in [-0.4, -0.2) is 37.8 Å². The number of hydrogen-bond donors (Lipinski definition) is 2. The molecule has 0 unspecified atom stereocenters. The van der Waals surface area contributed by atoms with E-state index in [0.29, 0.717) is 12.0 Å². The van der Waals surface area contributed by atoms with Crippen LogP contribution >= 0.6 is 0 Å². The number of fused-ring (bicyclic) bond motifs is 1. The molecule has 0 saturated carbocycles. The maximum absolute atomic E-state index is 12.4. The van der Waals surface area contributed by atoms with Crippen LogP contribution in [0.5, 0.6) is 0 Å². The third-order valence-electron chi connectivity index (χ3n) is 3.75. The zero-order chi connectivity index (χ0) is 18.8. The van der Waals surface area contributed by atoms with Crippen LogP contribution in [0.2, 0.25) is 0 Å². The maximum atomic E-state index is 12.4. The highest BCUT2D eigenvalue weighted by molar-refractivity contribution is 7.91. The summed E-state index contributed by atoms with van der Waals surface area (Å²) in [5.74, 6) is -0.423. The fraction of sp³-hybridized carbons (Fsp3) is 0.529. The summed E-state index contributed by atoms with van der Waals surface area (Å²) in [6.07, 6.45) is -0.383. The van der Waals surface area contributed by atoms with E-state index in [1.165, 1.54) is 0 Å². The highest BCUT2D eigenvalue weighted by Gasteiger charge is 2.32. The van der Waals surface area contributed by atoms with E-state index in [1.54, 1.807) is 52.0 Å². The fourth-order valence-corrected chi connectivity index (χ4v) is 4.21. The van der Waals surface area contributed by atoms with Gasteiger partial charge in [-0.1, -0.05) is 18.2 Å². The van der Waals surface area contributed by atoms with Crippen LogP contribution in [0.1, 0.15) is 45.7 Å². The van der Waals surface area contributed by atoms with Crippen LogP contribution < -0.4 is 10.6 Å². The topological polar surface area (TPSA) is 102 Å². The van der Waals surface area contributed by atoms with Crippen molar-refractivity contribution in [2.75, 3.05) is 5.75 Å². The number of carbonyl (C=O) groups excluding carboxylic acids is 2. The molecule has 138 valence electrons. The lowest BCUT2D eigenvalue weighted by molar-refractivity contribution is -0.123. The Hall–Kier alpha value is -2.09. The van der Waals surface area contributed by atoms with Gasteiger partial charge in [0, 0.05) is 0 Å². The van der Waals surface area contributed by atoms with Crippen molar-refractivity contribution in [1.29, 1.82) is 0 Å². The van der Waals surface area contributed by atoms with E-state index in [1.807, 2.05) is 0 Å². The Morgan fingerprint density at radius 1 is 1.24 bits per heavy atom. The first-order chi connectivity index (χ1) is 11.5. The van der Waals surface area contributed by atoms with Crippen LogP contribution in [0.15, 0.2) is 29.2 Å². The van der Waals surface area contributed by atoms with Crippen molar-refractivity contribution < 1.29 is 22.7 Å². The highest BCUT2D eigenvalue weighted by atomic mass is 32.2. The van der Waals surface area contributed by atoms with Crippen LogP contribution in [0.25, 0.3) is 0 Å². The van der Waals surface area contributed by atoms with Crippen LogP contribution in [0, 0.1) is 0 Å². The monoisotopic (exact) mass is 368 g/mol. The molecular weight excluding hydrogens is 344 g/mol. The van der Waals surface area contributed by atoms with E-state index in [-0.39, 0.29) is 10.6 Å². The summed E-state index contributed by atoms with van der Waals surface area (Å²) in [6.45, 7) is 6.74. The Bertz CT molecular complexity index is 767. The largest absolute Gasteiger partial charge is 0.444 e. The number of ether oxygens (including phenoxy) is 1. The van der Waals surface area contributed by atoms with Gasteiger partial charge < -0.3 is 15.4 Å². The summed E-state index contributed by atoms with van der Waals surface area (Å²) in [4.78, 5) is 24.4. The number of sulfone groups is 1. The predicted molar refractivity (Wildman–Crippen MR) is 92.8 cm³/mol. The quantitative estimate of drug-likeness (QED) is 0.849. The molecule has 25 heavy (non-hydrogen) atoms. The molecule has 7 nitrogen and oxygen atoms in total. The summed E-state index contributed by atoms with van der Waals surface area (Å²) in [7, 11) is -3.31. The van der Waals surface area contributed by atoms with E-state index >= 15 is 0 Å². The Morgan fingerprint density at radius 2 is 1.88 bits per heavy atom. The Balaban J connectivity index is 2.05. The average molecular weight is 368 g/mol. The highest BCUT2D eigenvalue weighted by Crippen LogP contribution is 2.31. The first kappa shape index (κ1) is 19.2. The number of nitrogens with one attached hydrogen (secondary N) is 2. The second-order valence-corrected chi connectivity index (χ2v) is 9.15. The minimum Gasteiger partial charge on any atom is -0.444 e. The van der Waals surface area contributed by atoms with Gasteiger partial charge in [0.2, 0.25) is 5.91 Å². The number of carbonyl (C=O) groups is 2. The lowest BCUT2D eigenvalue weighted by Crippen LogP contribution is -2.48. The minimum absolute atomic E-state index is 0.0250. The summed E-state index contributed by atoms with van der Waals surface area (Å²) < 4.78 is 29.4. The van der Waals surface area contributed by atoms with E-state index < -0.39 is 39.5 Å². The molecule has 2 atom stereocenters. The molecular formula is C17H24N2O5S. The molecule has 1 aliphatic heterocycles. The molecule has 1 aromatic carbocycles. The number of benzene rings is 1. The lowest BCUT2D eigenvalue weighted by Gasteiger charge is -2.28. The van der Waals surface area contributed by atoms with Crippen molar-refractivity contribution in [1.82, 2.24) is 10.6 Å². The van der Waals surface area contributed by atoms with Crippen LogP contribution in [0.4, 0.5) is 4.79 Å². The van der Waals surface area contributed by atoms with Crippen molar-refractivity contribution in [3.63, 3.8) is 0 Å². The molecule has 2 N–H and O–H groups in total. The van der Waals surface area contributed by atoms with Crippen molar-refractivity contribution in [2.45, 2.75) is 56.7 Å². The summed E-state index contributed by atoms with van der Waals surface area (Å²) in [5.41, 5.74) is -0.0803. The van der Waals surface area contributed by atoms with E-state index in [4.69, 9.17) is 4.74 Å². The molecule has 0 spiro atoms. The van der Waals surface area contributed by atoms with Crippen molar-refractivity contribution in [3.05, 3.63) is 29.8 Å². The fourth-order valence-electron chi connectivity index (χ4n) is 2.59. The smallest absolute Gasteiger partial charge is 0.408 e. The average Bonchev–Trinajstić information content (AvgIpc) is 2.48. The normalized spacial score (nSPS) is 20.1. The third kappa shape index (κ3) is 4.94. The zero-order valence-corrected chi connectivity index (χ0v) is 15.6. The molecule has 1 heterocycles. The standard InChI is InChI=1S/C17H24N2O5S/c1-11(18-16(21)24-17(2,3)4)15(20)19-13-9-10-25(22,23)14-8-6-5-7-12(13)14/h5-8,11,13H,9-10H2,1-4H3,(H,18,21)(H,19,20)/t11-,13+/m0/s1. The molecule has 2 amide bonds. The first-order valence-electron chi connectivity index (χ1n) is 8.11. The second kappa shape index (κ2) is 7.03. The molecule has 0 bridgehead atoms. The Morgan fingerprint density at radius 3 is 2.52 bits per heavy atom. The van der Waals surface area contributed by atoms with Crippen LogP contribution in [0.3, 0.4) is 0 Å². The molecule has 0 saturated heterocycles. The van der Waals surface area contributed by atoms with Gasteiger partial charge >= 0.3 is 6.09 Å². The van der Waals surface area contributed by atoms with E-state index in [0.717, 1.165) is 0 Å². The Labute approximate surface area is 148 Å². The van der Waals surface area contributed by atoms with Gasteiger partial charge in [0.1, 0.15) is 11.6 Å². The van der Waals surface area contributed by atoms with E-state index in [9.17, 15) is 18.0 Å². The van der Waals surface area contributed by atoms with Crippen molar-refractivity contribution >= 4 is 21.8 Å². The number of alkyl carbamates (subject to hydrolysis) is 1. The second-order valence-electron chi connectivity index (χ2n) is 7.07. The molecule has 0 radical (unpaired) electrons. The van der Waals surface area contributed by atoms with Gasteiger partial charge in [-0.05, 0) is 45.7 Å². The molecule has 8 heteroatoms. The van der Waals surface area contributed by atoms with Gasteiger partial charge in [-0.15, -0.1) is 0 Å². The molecule has 1 aromatic rings. The lowest BCUT2D eigenvalue weighted by atomic mass is 10.0. The third-order valence-corrected chi connectivity index (χ3v) is 5.56. The van der Waals surface area contributed by atoms with Crippen molar-refractivity contribution in [3.8, 4) is 0 Å². The summed E-state index contributed by atoms with van der Waals surface area (Å²) >= 11 is 0. The maximum Gasteiger partial charge on any atom is 0.408 e. The molecule has 0 aliphatic carbocycles. The number of hydrogen-bond acceptors (Lipinski definition) is 5. The zero-order valence-electron chi connectivity index (χ0n) is 14.8. The predicted octanol–water partition coefficient (Wildman–Crippen LogP) is 1.93. The molecule has 1 aliphatic rings. The Kier molecular flexibility index (Phi) is 5.41. The van der Waals surface area contributed by atoms with E-state index in [2.05, 4.69) is 10.6 Å². The van der Waals surface area contributed by atoms with Gasteiger partial charge in [-0.2, -0.15) is 0 Å². The SMILES string of the molecule is C[C@H](NC(=O)OC(C)(C)C)C(=O)N[C@@H]1CCS(=O)(=O)c2ccccc21. The molecule has 2 rings (SSSR count).